The smallest absolute Gasteiger partial charge is 0.317 e. The molecule has 2 rings (SSSR count). The van der Waals surface area contributed by atoms with Gasteiger partial charge in [0, 0.05) is 36.3 Å². The summed E-state index contributed by atoms with van der Waals surface area (Å²) in [6.07, 6.45) is 0. The second-order valence-corrected chi connectivity index (χ2v) is 5.54. The van der Waals surface area contributed by atoms with Gasteiger partial charge in [-0.25, -0.2) is 0 Å². The van der Waals surface area contributed by atoms with Crippen LogP contribution in [0.5, 0.6) is 0 Å². The van der Waals surface area contributed by atoms with Gasteiger partial charge in [-0.2, -0.15) is 0 Å². The molecule has 20 heavy (non-hydrogen) atoms. The molecule has 3 N–H and O–H groups in total. The van der Waals surface area contributed by atoms with Crippen LogP contribution in [-0.4, -0.2) is 54.6 Å². The van der Waals surface area contributed by atoms with Gasteiger partial charge >= 0.3 is 5.97 Å². The zero-order valence-electron chi connectivity index (χ0n) is 10.9. The average molecular weight is 342 g/mol. The summed E-state index contributed by atoms with van der Waals surface area (Å²) in [5, 5.41) is 8.76. The molecule has 0 radical (unpaired) electrons. The molecule has 108 valence electrons. The zero-order valence-corrected chi connectivity index (χ0v) is 12.5. The average Bonchev–Trinajstić information content (AvgIpc) is 2.38. The van der Waals surface area contributed by atoms with Crippen molar-refractivity contribution < 1.29 is 14.7 Å². The summed E-state index contributed by atoms with van der Waals surface area (Å²) >= 11 is 3.34. The Morgan fingerprint density at radius 3 is 2.40 bits per heavy atom. The maximum Gasteiger partial charge on any atom is 0.317 e. The first-order valence-corrected chi connectivity index (χ1v) is 7.05. The topological polar surface area (TPSA) is 86.9 Å². The first kappa shape index (κ1) is 14.8. The number of carboxylic acids is 1. The first-order chi connectivity index (χ1) is 9.47. The van der Waals surface area contributed by atoms with Gasteiger partial charge in [-0.1, -0.05) is 0 Å². The highest BCUT2D eigenvalue weighted by molar-refractivity contribution is 9.10. The third-order valence-corrected chi connectivity index (χ3v) is 3.97. The number of nitrogens with zero attached hydrogens (tertiary/aromatic N) is 2. The fraction of sp³-hybridized carbons (Fsp3) is 0.385. The lowest BCUT2D eigenvalue weighted by Crippen LogP contribution is -2.48. The summed E-state index contributed by atoms with van der Waals surface area (Å²) in [4.78, 5) is 25.9. The zero-order chi connectivity index (χ0) is 14.7. The molecule has 0 aliphatic carbocycles. The minimum atomic E-state index is -0.799. The number of benzene rings is 1. The molecule has 0 unspecified atom stereocenters. The van der Waals surface area contributed by atoms with Crippen molar-refractivity contribution in [3.05, 3.63) is 28.2 Å². The van der Waals surface area contributed by atoms with Crippen molar-refractivity contribution in [3.63, 3.8) is 0 Å². The van der Waals surface area contributed by atoms with Crippen molar-refractivity contribution in [1.29, 1.82) is 0 Å². The Bertz CT molecular complexity index is 528. The van der Waals surface area contributed by atoms with Gasteiger partial charge in [-0.05, 0) is 34.1 Å². The highest BCUT2D eigenvalue weighted by Crippen LogP contribution is 2.24. The molecule has 1 aromatic rings. The van der Waals surface area contributed by atoms with Crippen LogP contribution < -0.4 is 10.6 Å². The highest BCUT2D eigenvalue weighted by Gasteiger charge is 2.19. The molecule has 0 spiro atoms. The normalized spacial score (nSPS) is 16.1. The molecular formula is C13H16BrN3O3. The Morgan fingerprint density at radius 2 is 1.90 bits per heavy atom. The predicted octanol–water partition coefficient (Wildman–Crippen LogP) is 0.755. The van der Waals surface area contributed by atoms with Crippen LogP contribution in [0, 0.1) is 0 Å². The Labute approximate surface area is 125 Å². The first-order valence-electron chi connectivity index (χ1n) is 6.26. The summed E-state index contributed by atoms with van der Waals surface area (Å²) in [7, 11) is 0. The molecule has 1 aromatic carbocycles. The van der Waals surface area contributed by atoms with Crippen LogP contribution in [0.2, 0.25) is 0 Å². The molecule has 0 aromatic heterocycles. The molecule has 1 fully saturated rings. The van der Waals surface area contributed by atoms with Crippen molar-refractivity contribution in [2.45, 2.75) is 0 Å². The van der Waals surface area contributed by atoms with E-state index in [1.165, 1.54) is 0 Å². The van der Waals surface area contributed by atoms with Crippen LogP contribution in [0.3, 0.4) is 0 Å². The lowest BCUT2D eigenvalue weighted by Gasteiger charge is -2.35. The number of halogens is 1. The van der Waals surface area contributed by atoms with Gasteiger partial charge in [0.1, 0.15) is 0 Å². The van der Waals surface area contributed by atoms with Crippen LogP contribution in [0.15, 0.2) is 22.7 Å². The molecule has 1 amide bonds. The molecule has 1 aliphatic rings. The number of carbonyl (C=O) groups excluding carboxylic acids is 1. The van der Waals surface area contributed by atoms with E-state index >= 15 is 0 Å². The molecular weight excluding hydrogens is 326 g/mol. The number of anilines is 1. The monoisotopic (exact) mass is 341 g/mol. The van der Waals surface area contributed by atoms with E-state index in [9.17, 15) is 9.59 Å². The number of aliphatic carboxylic acids is 1. The van der Waals surface area contributed by atoms with Crippen molar-refractivity contribution in [1.82, 2.24) is 4.90 Å². The predicted molar refractivity (Wildman–Crippen MR) is 78.9 cm³/mol. The Hall–Kier alpha value is -1.60. The molecule has 1 aliphatic heterocycles. The maximum absolute atomic E-state index is 11.2. The maximum atomic E-state index is 11.2. The van der Waals surface area contributed by atoms with Gasteiger partial charge < -0.3 is 15.7 Å². The minimum Gasteiger partial charge on any atom is -0.480 e. The third kappa shape index (κ3) is 3.49. The van der Waals surface area contributed by atoms with Crippen molar-refractivity contribution >= 4 is 33.5 Å². The van der Waals surface area contributed by atoms with Crippen molar-refractivity contribution in [2.75, 3.05) is 37.6 Å². The molecule has 0 bridgehead atoms. The van der Waals surface area contributed by atoms with Crippen LogP contribution in [0.1, 0.15) is 10.4 Å². The van der Waals surface area contributed by atoms with Gasteiger partial charge in [-0.15, -0.1) is 0 Å². The number of nitrogens with two attached hydrogens (primary N) is 1. The summed E-state index contributed by atoms with van der Waals surface area (Å²) < 4.78 is 0.676. The third-order valence-electron chi connectivity index (χ3n) is 3.31. The molecule has 0 atom stereocenters. The lowest BCUT2D eigenvalue weighted by molar-refractivity contribution is -0.138. The molecule has 7 heteroatoms. The fourth-order valence-corrected chi connectivity index (χ4v) is 2.82. The summed E-state index contributed by atoms with van der Waals surface area (Å²) in [5.41, 5.74) is 6.72. The Kier molecular flexibility index (Phi) is 4.61. The van der Waals surface area contributed by atoms with E-state index in [1.54, 1.807) is 6.07 Å². The number of hydrogen-bond acceptors (Lipinski definition) is 4. The van der Waals surface area contributed by atoms with E-state index in [1.807, 2.05) is 17.0 Å². The molecule has 1 saturated heterocycles. The molecule has 6 nitrogen and oxygen atoms in total. The molecule has 1 heterocycles. The van der Waals surface area contributed by atoms with Crippen molar-refractivity contribution in [2.24, 2.45) is 5.73 Å². The summed E-state index contributed by atoms with van der Waals surface area (Å²) in [6.45, 7) is 3.02. The van der Waals surface area contributed by atoms with Crippen LogP contribution in [-0.2, 0) is 4.79 Å². The van der Waals surface area contributed by atoms with E-state index in [-0.39, 0.29) is 6.54 Å². The number of amides is 1. The van der Waals surface area contributed by atoms with Crippen LogP contribution >= 0.6 is 15.9 Å². The fourth-order valence-electron chi connectivity index (χ4n) is 2.26. The summed E-state index contributed by atoms with van der Waals surface area (Å²) in [6, 6.07) is 5.43. The van der Waals surface area contributed by atoms with E-state index in [0.29, 0.717) is 23.1 Å². The number of carbonyl (C=O) groups is 2. The van der Waals surface area contributed by atoms with Gasteiger partial charge in [0.05, 0.1) is 12.1 Å². The largest absolute Gasteiger partial charge is 0.480 e. The van der Waals surface area contributed by atoms with Gasteiger partial charge in [0.25, 0.3) is 0 Å². The quantitative estimate of drug-likeness (QED) is 0.844. The Morgan fingerprint density at radius 1 is 1.25 bits per heavy atom. The van der Waals surface area contributed by atoms with E-state index < -0.39 is 11.9 Å². The second-order valence-electron chi connectivity index (χ2n) is 4.69. The van der Waals surface area contributed by atoms with E-state index in [0.717, 1.165) is 18.8 Å². The van der Waals surface area contributed by atoms with Crippen LogP contribution in [0.25, 0.3) is 0 Å². The second kappa shape index (κ2) is 6.23. The van der Waals surface area contributed by atoms with Crippen molar-refractivity contribution in [3.8, 4) is 0 Å². The lowest BCUT2D eigenvalue weighted by atomic mass is 10.1. The number of carboxylic acid groups (broad SMARTS) is 1. The van der Waals surface area contributed by atoms with Gasteiger partial charge in [0.15, 0.2) is 0 Å². The standard InChI is InChI=1S/C13H16BrN3O3/c14-11-7-9(1-2-10(11)13(15)20)17-5-3-16(4-6-17)8-12(18)19/h1-2,7H,3-6,8H2,(H2,15,20)(H,18,19). The SMILES string of the molecule is NC(=O)c1ccc(N2CCN(CC(=O)O)CC2)cc1Br. The minimum absolute atomic E-state index is 0.0815. The highest BCUT2D eigenvalue weighted by atomic mass is 79.9. The molecule has 0 saturated carbocycles. The van der Waals surface area contributed by atoms with E-state index in [4.69, 9.17) is 10.8 Å². The van der Waals surface area contributed by atoms with E-state index in [2.05, 4.69) is 20.8 Å². The number of rotatable bonds is 4. The number of piperazine rings is 1. The van der Waals surface area contributed by atoms with Crippen LogP contribution in [0.4, 0.5) is 5.69 Å². The van der Waals surface area contributed by atoms with Gasteiger partial charge in [-0.3, -0.25) is 14.5 Å². The Balaban J connectivity index is 2.02. The number of hydrogen-bond donors (Lipinski definition) is 2. The number of primary amides is 1. The summed E-state index contributed by atoms with van der Waals surface area (Å²) in [5.74, 6) is -1.26. The van der Waals surface area contributed by atoms with Gasteiger partial charge in [0.2, 0.25) is 5.91 Å².